The molecule has 1 heterocycles. The zero-order chi connectivity index (χ0) is 17.2. The highest BCUT2D eigenvalue weighted by molar-refractivity contribution is 7.88. The molecule has 0 radical (unpaired) electrons. The molecule has 0 amide bonds. The van der Waals surface area contributed by atoms with Gasteiger partial charge in [-0.1, -0.05) is 11.6 Å². The lowest BCUT2D eigenvalue weighted by Crippen LogP contribution is -2.21. The van der Waals surface area contributed by atoms with E-state index in [1.807, 2.05) is 0 Å². The Labute approximate surface area is 137 Å². The summed E-state index contributed by atoms with van der Waals surface area (Å²) >= 11 is 5.70. The molecule has 0 fully saturated rings. The molecule has 0 atom stereocenters. The third kappa shape index (κ3) is 3.90. The van der Waals surface area contributed by atoms with Crippen LogP contribution in [-0.4, -0.2) is 32.8 Å². The lowest BCUT2D eigenvalue weighted by molar-refractivity contribution is 0.0435. The number of sulfonamides is 1. The molecule has 0 unspecified atom stereocenters. The van der Waals surface area contributed by atoms with Crippen molar-refractivity contribution in [3.05, 3.63) is 52.5 Å². The molecule has 0 aliphatic heterocycles. The van der Waals surface area contributed by atoms with Crippen LogP contribution in [0.1, 0.15) is 16.1 Å². The second kappa shape index (κ2) is 6.69. The van der Waals surface area contributed by atoms with E-state index in [4.69, 9.17) is 20.8 Å². The van der Waals surface area contributed by atoms with Gasteiger partial charge in [-0.25, -0.2) is 21.9 Å². The van der Waals surface area contributed by atoms with Gasteiger partial charge in [0.05, 0.1) is 5.56 Å². The first-order chi connectivity index (χ1) is 10.7. The van der Waals surface area contributed by atoms with Gasteiger partial charge in [0.1, 0.15) is 18.2 Å². The monoisotopic (exact) mass is 361 g/mol. The minimum Gasteiger partial charge on any atom is -0.454 e. The molecule has 0 N–H and O–H groups in total. The van der Waals surface area contributed by atoms with Crippen LogP contribution in [0.3, 0.4) is 0 Å². The van der Waals surface area contributed by atoms with Gasteiger partial charge in [-0.05, 0) is 30.3 Å². The summed E-state index contributed by atoms with van der Waals surface area (Å²) in [6.07, 6.45) is 0. The summed E-state index contributed by atoms with van der Waals surface area (Å²) in [4.78, 5) is 11.8. The fraction of sp³-hybridized carbons (Fsp3) is 0.214. The van der Waals surface area contributed by atoms with Gasteiger partial charge >= 0.3 is 5.97 Å². The fourth-order valence-electron chi connectivity index (χ4n) is 1.62. The molecule has 0 saturated carbocycles. The molecule has 1 aromatic carbocycles. The molecule has 0 aliphatic rings. The third-order valence-electron chi connectivity index (χ3n) is 2.87. The number of hydrogen-bond donors (Lipinski definition) is 0. The van der Waals surface area contributed by atoms with Crippen LogP contribution in [0.5, 0.6) is 0 Å². The second-order valence-corrected chi connectivity index (χ2v) is 7.23. The molecule has 0 aliphatic carbocycles. The summed E-state index contributed by atoms with van der Waals surface area (Å²) in [7, 11) is -0.989. The minimum atomic E-state index is -3.71. The highest BCUT2D eigenvalue weighted by Gasteiger charge is 2.22. The summed E-state index contributed by atoms with van der Waals surface area (Å²) in [5.74, 6) is -1.59. The zero-order valence-electron chi connectivity index (χ0n) is 12.2. The van der Waals surface area contributed by atoms with Crippen LogP contribution in [0.15, 0.2) is 39.8 Å². The maximum atomic E-state index is 13.5. The maximum Gasteiger partial charge on any atom is 0.341 e. The van der Waals surface area contributed by atoms with E-state index in [1.54, 1.807) is 0 Å². The van der Waals surface area contributed by atoms with Gasteiger partial charge < -0.3 is 9.15 Å². The summed E-state index contributed by atoms with van der Waals surface area (Å²) < 4.78 is 48.2. The van der Waals surface area contributed by atoms with Crippen molar-refractivity contribution in [2.75, 3.05) is 14.1 Å². The molecule has 2 aromatic rings. The number of esters is 1. The van der Waals surface area contributed by atoms with Crippen molar-refractivity contribution >= 4 is 27.6 Å². The Balaban J connectivity index is 2.09. The van der Waals surface area contributed by atoms with Crippen LogP contribution < -0.4 is 0 Å². The molecular formula is C14H13ClFNO5S. The molecule has 2 rings (SSSR count). The first kappa shape index (κ1) is 17.5. The van der Waals surface area contributed by atoms with Crippen LogP contribution >= 0.6 is 11.6 Å². The molecule has 1 aromatic heterocycles. The molecule has 6 nitrogen and oxygen atoms in total. The quantitative estimate of drug-likeness (QED) is 0.765. The van der Waals surface area contributed by atoms with Gasteiger partial charge in [0.2, 0.25) is 5.09 Å². The minimum absolute atomic E-state index is 0.112. The van der Waals surface area contributed by atoms with E-state index in [9.17, 15) is 17.6 Å². The Morgan fingerprint density at radius 2 is 2.00 bits per heavy atom. The Hall–Kier alpha value is -1.90. The van der Waals surface area contributed by atoms with E-state index in [2.05, 4.69) is 0 Å². The lowest BCUT2D eigenvalue weighted by atomic mass is 10.2. The Morgan fingerprint density at radius 3 is 2.65 bits per heavy atom. The molecule has 0 spiro atoms. The van der Waals surface area contributed by atoms with E-state index in [-0.39, 0.29) is 28.0 Å². The first-order valence-corrected chi connectivity index (χ1v) is 8.17. The van der Waals surface area contributed by atoms with Crippen LogP contribution in [0.2, 0.25) is 5.02 Å². The Bertz CT molecular complexity index is 831. The Kier molecular flexibility index (Phi) is 5.08. The summed E-state index contributed by atoms with van der Waals surface area (Å²) in [6.45, 7) is -0.340. The molecule has 0 saturated heterocycles. The maximum absolute atomic E-state index is 13.5. The van der Waals surface area contributed by atoms with Crippen LogP contribution in [0.4, 0.5) is 4.39 Å². The number of rotatable bonds is 5. The van der Waals surface area contributed by atoms with Crippen molar-refractivity contribution in [3.63, 3.8) is 0 Å². The van der Waals surface area contributed by atoms with Gasteiger partial charge in [0, 0.05) is 19.1 Å². The average molecular weight is 362 g/mol. The summed E-state index contributed by atoms with van der Waals surface area (Å²) in [5, 5.41) is -0.0850. The number of halogens is 2. The van der Waals surface area contributed by atoms with Crippen molar-refractivity contribution in [1.82, 2.24) is 4.31 Å². The van der Waals surface area contributed by atoms with Crippen molar-refractivity contribution in [2.45, 2.75) is 11.7 Å². The molecule has 0 bridgehead atoms. The summed E-state index contributed by atoms with van der Waals surface area (Å²) in [5.41, 5.74) is -0.315. The number of carbonyl (C=O) groups excluding carboxylic acids is 1. The second-order valence-electron chi connectivity index (χ2n) is 4.71. The van der Waals surface area contributed by atoms with E-state index in [0.29, 0.717) is 0 Å². The summed E-state index contributed by atoms with van der Waals surface area (Å²) in [6, 6.07) is 6.10. The number of carbonyl (C=O) groups is 1. The standard InChI is InChI=1S/C14H13ClFNO5S/c1-17(2)23(19,20)13-6-4-10(22-13)8-21-14(18)11-7-9(15)3-5-12(11)16/h3-7H,8H2,1-2H3. The van der Waals surface area contributed by atoms with E-state index in [1.165, 1.54) is 32.3 Å². The largest absolute Gasteiger partial charge is 0.454 e. The lowest BCUT2D eigenvalue weighted by Gasteiger charge is -2.08. The number of nitrogens with zero attached hydrogens (tertiary/aromatic N) is 1. The van der Waals surface area contributed by atoms with Gasteiger partial charge in [-0.3, -0.25) is 0 Å². The van der Waals surface area contributed by atoms with Crippen molar-refractivity contribution in [1.29, 1.82) is 0 Å². The number of ether oxygens (including phenoxy) is 1. The van der Waals surface area contributed by atoms with Gasteiger partial charge in [0.25, 0.3) is 10.0 Å². The highest BCUT2D eigenvalue weighted by atomic mass is 35.5. The predicted octanol–water partition coefficient (Wildman–Crippen LogP) is 2.68. The van der Waals surface area contributed by atoms with Gasteiger partial charge in [-0.2, -0.15) is 0 Å². The fourth-order valence-corrected chi connectivity index (χ4v) is 2.61. The third-order valence-corrected chi connectivity index (χ3v) is 4.79. The predicted molar refractivity (Wildman–Crippen MR) is 80.1 cm³/mol. The highest BCUT2D eigenvalue weighted by Crippen LogP contribution is 2.19. The van der Waals surface area contributed by atoms with Crippen LogP contribution in [0.25, 0.3) is 0 Å². The van der Waals surface area contributed by atoms with E-state index in [0.717, 1.165) is 16.4 Å². The number of furan rings is 1. The van der Waals surface area contributed by atoms with Gasteiger partial charge in [-0.15, -0.1) is 0 Å². The SMILES string of the molecule is CN(C)S(=O)(=O)c1ccc(COC(=O)c2cc(Cl)ccc2F)o1. The molecule has 9 heteroatoms. The molecule has 124 valence electrons. The number of hydrogen-bond acceptors (Lipinski definition) is 5. The topological polar surface area (TPSA) is 76.8 Å². The number of benzene rings is 1. The first-order valence-electron chi connectivity index (χ1n) is 6.35. The van der Waals surface area contributed by atoms with Gasteiger partial charge in [0.15, 0.2) is 0 Å². The van der Waals surface area contributed by atoms with Crippen molar-refractivity contribution < 1.29 is 26.8 Å². The van der Waals surface area contributed by atoms with Crippen LogP contribution in [-0.2, 0) is 21.4 Å². The zero-order valence-corrected chi connectivity index (χ0v) is 13.8. The van der Waals surface area contributed by atoms with E-state index >= 15 is 0 Å². The average Bonchev–Trinajstić information content (AvgIpc) is 2.96. The Morgan fingerprint density at radius 1 is 1.30 bits per heavy atom. The van der Waals surface area contributed by atoms with Crippen LogP contribution in [0, 0.1) is 5.82 Å². The normalized spacial score (nSPS) is 11.7. The molecule has 23 heavy (non-hydrogen) atoms. The molecular weight excluding hydrogens is 349 g/mol. The van der Waals surface area contributed by atoms with Crippen molar-refractivity contribution in [3.8, 4) is 0 Å². The van der Waals surface area contributed by atoms with Crippen molar-refractivity contribution in [2.24, 2.45) is 0 Å². The smallest absolute Gasteiger partial charge is 0.341 e. The van der Waals surface area contributed by atoms with E-state index < -0.39 is 21.8 Å².